The maximum absolute atomic E-state index is 6.06. The van der Waals surface area contributed by atoms with Crippen molar-refractivity contribution < 1.29 is 0 Å². The Balaban J connectivity index is 2.23. The van der Waals surface area contributed by atoms with Crippen molar-refractivity contribution in [3.05, 3.63) is 36.2 Å². The first-order valence-corrected chi connectivity index (χ1v) is 6.27. The molecule has 0 unspecified atom stereocenters. The summed E-state index contributed by atoms with van der Waals surface area (Å²) in [6, 6.07) is 8.32. The maximum Gasteiger partial charge on any atom is 0.159 e. The molecule has 19 heavy (non-hydrogen) atoms. The molecule has 1 aromatic carbocycles. The van der Waals surface area contributed by atoms with Gasteiger partial charge >= 0.3 is 0 Å². The zero-order valence-corrected chi connectivity index (χ0v) is 11.4. The Labute approximate surface area is 113 Å². The van der Waals surface area contributed by atoms with Crippen molar-refractivity contribution in [1.29, 1.82) is 0 Å². The van der Waals surface area contributed by atoms with Crippen LogP contribution in [-0.4, -0.2) is 16.0 Å². The summed E-state index contributed by atoms with van der Waals surface area (Å²) >= 11 is 0. The standard InChI is InChI=1S/C14H19N5/c1-9(2)18-13-12(15)14(17-8-16-13)19-11-6-4-10(3)5-7-11/h4-9H,15H2,1-3H3,(H2,16,17,18,19). The Morgan fingerprint density at radius 2 is 1.68 bits per heavy atom. The fourth-order valence-corrected chi connectivity index (χ4v) is 1.66. The number of nitrogen functional groups attached to an aromatic ring is 1. The summed E-state index contributed by atoms with van der Waals surface area (Å²) in [6.45, 7) is 6.12. The van der Waals surface area contributed by atoms with Gasteiger partial charge in [0, 0.05) is 11.7 Å². The summed E-state index contributed by atoms with van der Waals surface area (Å²) < 4.78 is 0. The topological polar surface area (TPSA) is 75.9 Å². The van der Waals surface area contributed by atoms with E-state index in [0.29, 0.717) is 17.3 Å². The molecule has 0 amide bonds. The normalized spacial score (nSPS) is 10.5. The molecule has 0 aliphatic heterocycles. The van der Waals surface area contributed by atoms with Crippen molar-refractivity contribution in [2.45, 2.75) is 26.8 Å². The van der Waals surface area contributed by atoms with Crippen molar-refractivity contribution in [3.63, 3.8) is 0 Å². The van der Waals surface area contributed by atoms with Crippen LogP contribution < -0.4 is 16.4 Å². The van der Waals surface area contributed by atoms with Gasteiger partial charge in [0.05, 0.1) is 0 Å². The second-order valence-corrected chi connectivity index (χ2v) is 4.77. The molecule has 0 radical (unpaired) electrons. The van der Waals surface area contributed by atoms with Gasteiger partial charge in [-0.2, -0.15) is 0 Å². The zero-order chi connectivity index (χ0) is 13.8. The van der Waals surface area contributed by atoms with Crippen molar-refractivity contribution in [2.75, 3.05) is 16.4 Å². The fourth-order valence-electron chi connectivity index (χ4n) is 1.66. The summed E-state index contributed by atoms with van der Waals surface area (Å²) in [5.74, 6) is 1.27. The van der Waals surface area contributed by atoms with E-state index in [0.717, 1.165) is 5.69 Å². The lowest BCUT2D eigenvalue weighted by Crippen LogP contribution is -2.14. The third-order valence-electron chi connectivity index (χ3n) is 2.62. The third kappa shape index (κ3) is 3.34. The lowest BCUT2D eigenvalue weighted by Gasteiger charge is -2.14. The highest BCUT2D eigenvalue weighted by molar-refractivity contribution is 5.77. The zero-order valence-electron chi connectivity index (χ0n) is 11.4. The smallest absolute Gasteiger partial charge is 0.159 e. The summed E-state index contributed by atoms with van der Waals surface area (Å²) in [5, 5.41) is 6.39. The van der Waals surface area contributed by atoms with Crippen LogP contribution in [0.4, 0.5) is 23.0 Å². The summed E-state index contributed by atoms with van der Waals surface area (Å²) in [5.41, 5.74) is 8.75. The van der Waals surface area contributed by atoms with E-state index in [2.05, 4.69) is 20.6 Å². The van der Waals surface area contributed by atoms with Gasteiger partial charge in [-0.15, -0.1) is 0 Å². The molecule has 0 saturated heterocycles. The minimum Gasteiger partial charge on any atom is -0.393 e. The van der Waals surface area contributed by atoms with Gasteiger partial charge in [-0.1, -0.05) is 17.7 Å². The molecule has 0 aliphatic carbocycles. The molecule has 2 aromatic rings. The molecule has 0 atom stereocenters. The van der Waals surface area contributed by atoms with E-state index < -0.39 is 0 Å². The van der Waals surface area contributed by atoms with E-state index in [-0.39, 0.29) is 6.04 Å². The average molecular weight is 257 g/mol. The Bertz CT molecular complexity index is 548. The molecule has 5 nitrogen and oxygen atoms in total. The molecule has 100 valence electrons. The molecule has 5 heteroatoms. The highest BCUT2D eigenvalue weighted by Crippen LogP contribution is 2.26. The second kappa shape index (κ2) is 5.56. The quantitative estimate of drug-likeness (QED) is 0.785. The first kappa shape index (κ1) is 13.1. The monoisotopic (exact) mass is 257 g/mol. The maximum atomic E-state index is 6.06. The third-order valence-corrected chi connectivity index (χ3v) is 2.62. The molecule has 0 aliphatic rings. The Hall–Kier alpha value is -2.30. The number of nitrogens with two attached hydrogens (primary N) is 1. The molecule has 0 bridgehead atoms. The van der Waals surface area contributed by atoms with Crippen molar-refractivity contribution in [2.24, 2.45) is 0 Å². The van der Waals surface area contributed by atoms with Gasteiger partial charge in [-0.05, 0) is 32.9 Å². The van der Waals surface area contributed by atoms with Gasteiger partial charge in [0.2, 0.25) is 0 Å². The van der Waals surface area contributed by atoms with E-state index >= 15 is 0 Å². The largest absolute Gasteiger partial charge is 0.393 e. The van der Waals surface area contributed by atoms with E-state index in [1.54, 1.807) is 0 Å². The van der Waals surface area contributed by atoms with Crippen LogP contribution in [0.2, 0.25) is 0 Å². The summed E-state index contributed by atoms with van der Waals surface area (Å²) in [7, 11) is 0. The number of rotatable bonds is 4. The van der Waals surface area contributed by atoms with Crippen molar-refractivity contribution in [3.8, 4) is 0 Å². The number of hydrogen-bond acceptors (Lipinski definition) is 5. The van der Waals surface area contributed by atoms with Crippen LogP contribution in [-0.2, 0) is 0 Å². The van der Waals surface area contributed by atoms with Crippen LogP contribution in [0.25, 0.3) is 0 Å². The Morgan fingerprint density at radius 3 is 2.32 bits per heavy atom. The number of aromatic nitrogens is 2. The van der Waals surface area contributed by atoms with E-state index in [1.165, 1.54) is 11.9 Å². The van der Waals surface area contributed by atoms with Crippen LogP contribution in [0.1, 0.15) is 19.4 Å². The van der Waals surface area contributed by atoms with Crippen LogP contribution in [0, 0.1) is 6.92 Å². The number of anilines is 4. The van der Waals surface area contributed by atoms with Crippen LogP contribution in [0.3, 0.4) is 0 Å². The van der Waals surface area contributed by atoms with E-state index in [1.807, 2.05) is 45.0 Å². The highest BCUT2D eigenvalue weighted by Gasteiger charge is 2.08. The molecular weight excluding hydrogens is 238 g/mol. The van der Waals surface area contributed by atoms with E-state index in [9.17, 15) is 0 Å². The van der Waals surface area contributed by atoms with Crippen LogP contribution in [0.5, 0.6) is 0 Å². The molecular formula is C14H19N5. The fraction of sp³-hybridized carbons (Fsp3) is 0.286. The van der Waals surface area contributed by atoms with Gasteiger partial charge in [0.15, 0.2) is 11.6 Å². The first-order valence-electron chi connectivity index (χ1n) is 6.27. The predicted molar refractivity (Wildman–Crippen MR) is 79.7 cm³/mol. The van der Waals surface area contributed by atoms with Gasteiger partial charge in [-0.3, -0.25) is 0 Å². The van der Waals surface area contributed by atoms with Crippen LogP contribution >= 0.6 is 0 Å². The van der Waals surface area contributed by atoms with E-state index in [4.69, 9.17) is 5.73 Å². The summed E-state index contributed by atoms with van der Waals surface area (Å²) in [4.78, 5) is 8.32. The molecule has 4 N–H and O–H groups in total. The predicted octanol–water partition coefficient (Wildman–Crippen LogP) is 2.93. The Kier molecular flexibility index (Phi) is 3.85. The highest BCUT2D eigenvalue weighted by atomic mass is 15.1. The molecule has 2 rings (SSSR count). The summed E-state index contributed by atoms with van der Waals surface area (Å²) in [6.07, 6.45) is 1.50. The number of nitrogens with zero attached hydrogens (tertiary/aromatic N) is 2. The molecule has 0 fully saturated rings. The molecule has 1 heterocycles. The molecule has 0 spiro atoms. The molecule has 0 saturated carbocycles. The average Bonchev–Trinajstić information content (AvgIpc) is 2.36. The van der Waals surface area contributed by atoms with Gasteiger partial charge in [0.25, 0.3) is 0 Å². The van der Waals surface area contributed by atoms with Crippen molar-refractivity contribution in [1.82, 2.24) is 9.97 Å². The molecule has 1 aromatic heterocycles. The van der Waals surface area contributed by atoms with Gasteiger partial charge in [-0.25, -0.2) is 9.97 Å². The number of aryl methyl sites for hydroxylation is 1. The number of nitrogens with one attached hydrogen (secondary N) is 2. The lowest BCUT2D eigenvalue weighted by atomic mass is 10.2. The second-order valence-electron chi connectivity index (χ2n) is 4.77. The lowest BCUT2D eigenvalue weighted by molar-refractivity contribution is 0.887. The minimum absolute atomic E-state index is 0.268. The van der Waals surface area contributed by atoms with Gasteiger partial charge in [0.1, 0.15) is 12.0 Å². The van der Waals surface area contributed by atoms with Crippen molar-refractivity contribution >= 4 is 23.0 Å². The van der Waals surface area contributed by atoms with Crippen LogP contribution in [0.15, 0.2) is 30.6 Å². The first-order chi connectivity index (χ1) is 9.06. The minimum atomic E-state index is 0.268. The number of hydrogen-bond donors (Lipinski definition) is 3. The number of benzene rings is 1. The van der Waals surface area contributed by atoms with Gasteiger partial charge < -0.3 is 16.4 Å². The Morgan fingerprint density at radius 1 is 1.05 bits per heavy atom. The SMILES string of the molecule is Cc1ccc(Nc2ncnc(NC(C)C)c2N)cc1.